The summed E-state index contributed by atoms with van der Waals surface area (Å²) >= 11 is 26.0. The fraction of sp³-hybridized carbons (Fsp3) is 0. The van der Waals surface area contributed by atoms with Crippen molar-refractivity contribution in [3.8, 4) is 0 Å². The number of hydrogen-bond acceptors (Lipinski definition) is 7. The molecule has 8 heteroatoms. The quantitative estimate of drug-likeness (QED) is 0.333. The Hall–Kier alpha value is 0.640. The SMILES string of the molecule is O=[P+](c1c(S)cc(S)cc1S)c1c(S)cc(S)cc1S. The molecule has 20 heavy (non-hydrogen) atoms. The molecule has 0 radical (unpaired) electrons. The molecule has 0 aromatic heterocycles. The topological polar surface area (TPSA) is 17.1 Å². The predicted molar refractivity (Wildman–Crippen MR) is 103 cm³/mol. The lowest BCUT2D eigenvalue weighted by Gasteiger charge is -2.04. The number of thiol groups is 6. The molecule has 2 aromatic carbocycles. The Balaban J connectivity index is 2.64. The van der Waals surface area contributed by atoms with E-state index in [9.17, 15) is 4.57 Å². The van der Waals surface area contributed by atoms with E-state index in [0.717, 1.165) is 9.79 Å². The van der Waals surface area contributed by atoms with Gasteiger partial charge in [0.2, 0.25) is 10.6 Å². The lowest BCUT2D eigenvalue weighted by Crippen LogP contribution is -2.13. The van der Waals surface area contributed by atoms with E-state index in [1.165, 1.54) is 0 Å². The highest BCUT2D eigenvalue weighted by molar-refractivity contribution is 7.85. The molecule has 0 bridgehead atoms. The van der Waals surface area contributed by atoms with Crippen LogP contribution in [0.5, 0.6) is 0 Å². The third kappa shape index (κ3) is 3.51. The first-order valence-electron chi connectivity index (χ1n) is 5.28. The fourth-order valence-corrected chi connectivity index (χ4v) is 6.25. The fourth-order valence-electron chi connectivity index (χ4n) is 1.71. The standard InChI is InChI=1S/C12H9OPS6/c13-14(11-7(17)1-5(15)2-8(11)18)12-9(19)3-6(16)4-10(12)20/h1-4H,(H5-,13,15,16,17,18,19,20)/p+1. The summed E-state index contributed by atoms with van der Waals surface area (Å²) in [6.07, 6.45) is 0. The first-order valence-corrected chi connectivity index (χ1v) is 9.22. The summed E-state index contributed by atoms with van der Waals surface area (Å²) in [6, 6.07) is 6.94. The van der Waals surface area contributed by atoms with Crippen LogP contribution < -0.4 is 10.6 Å². The minimum absolute atomic E-state index is 0.557. The van der Waals surface area contributed by atoms with Crippen LogP contribution in [0, 0.1) is 0 Å². The largest absolute Gasteiger partial charge is 0.420 e. The van der Waals surface area contributed by atoms with Crippen molar-refractivity contribution in [3.63, 3.8) is 0 Å². The van der Waals surface area contributed by atoms with E-state index >= 15 is 0 Å². The third-order valence-electron chi connectivity index (χ3n) is 2.52. The maximum Gasteiger partial charge on any atom is 0.420 e. The van der Waals surface area contributed by atoms with Crippen molar-refractivity contribution in [1.82, 2.24) is 0 Å². The van der Waals surface area contributed by atoms with E-state index in [1.807, 2.05) is 0 Å². The summed E-state index contributed by atoms with van der Waals surface area (Å²) in [7, 11) is -1.90. The molecule has 0 fully saturated rings. The van der Waals surface area contributed by atoms with E-state index < -0.39 is 7.80 Å². The summed E-state index contributed by atoms with van der Waals surface area (Å²) in [5.41, 5.74) is 0. The van der Waals surface area contributed by atoms with E-state index in [4.69, 9.17) is 0 Å². The Morgan fingerprint density at radius 3 is 1.10 bits per heavy atom. The molecule has 0 aliphatic rings. The number of hydrogen-bond donors (Lipinski definition) is 6. The van der Waals surface area contributed by atoms with Crippen molar-refractivity contribution in [2.45, 2.75) is 29.4 Å². The highest BCUT2D eigenvalue weighted by Crippen LogP contribution is 2.34. The lowest BCUT2D eigenvalue weighted by molar-refractivity contribution is 0.597. The second kappa shape index (κ2) is 6.82. The third-order valence-corrected chi connectivity index (χ3v) is 6.92. The molecular formula is C12H10OPS6+. The van der Waals surface area contributed by atoms with Gasteiger partial charge in [-0.1, -0.05) is 4.57 Å². The Kier molecular flexibility index (Phi) is 5.79. The van der Waals surface area contributed by atoms with Gasteiger partial charge in [-0.15, -0.1) is 75.8 Å². The van der Waals surface area contributed by atoms with Gasteiger partial charge < -0.3 is 0 Å². The van der Waals surface area contributed by atoms with Crippen LogP contribution in [-0.2, 0) is 4.57 Å². The minimum Gasteiger partial charge on any atom is -0.143 e. The highest BCUT2D eigenvalue weighted by Gasteiger charge is 2.33. The van der Waals surface area contributed by atoms with Gasteiger partial charge >= 0.3 is 7.80 Å². The van der Waals surface area contributed by atoms with Crippen molar-refractivity contribution >= 4 is 94.2 Å². The van der Waals surface area contributed by atoms with Crippen molar-refractivity contribution in [2.75, 3.05) is 0 Å². The summed E-state index contributed by atoms with van der Waals surface area (Å²) in [5.74, 6) is 0. The maximum absolute atomic E-state index is 12.9. The van der Waals surface area contributed by atoms with Crippen LogP contribution >= 0.6 is 83.6 Å². The predicted octanol–water partition coefficient (Wildman–Crippen LogP) is 4.20. The Bertz CT molecular complexity index is 610. The van der Waals surface area contributed by atoms with Crippen molar-refractivity contribution in [1.29, 1.82) is 0 Å². The van der Waals surface area contributed by atoms with E-state index in [0.29, 0.717) is 30.2 Å². The zero-order chi connectivity index (χ0) is 15.0. The van der Waals surface area contributed by atoms with Crippen LogP contribution in [0.1, 0.15) is 0 Å². The van der Waals surface area contributed by atoms with Crippen LogP contribution in [0.4, 0.5) is 0 Å². The average molecular weight is 394 g/mol. The molecule has 0 heterocycles. The van der Waals surface area contributed by atoms with Crippen molar-refractivity contribution < 1.29 is 4.57 Å². The van der Waals surface area contributed by atoms with Crippen molar-refractivity contribution in [2.24, 2.45) is 0 Å². The van der Waals surface area contributed by atoms with Crippen molar-refractivity contribution in [3.05, 3.63) is 24.3 Å². The van der Waals surface area contributed by atoms with Crippen LogP contribution in [0.3, 0.4) is 0 Å². The van der Waals surface area contributed by atoms with E-state index in [2.05, 4.69) is 75.8 Å². The van der Waals surface area contributed by atoms with Gasteiger partial charge in [-0.2, -0.15) is 0 Å². The zero-order valence-electron chi connectivity index (χ0n) is 9.85. The molecule has 2 aromatic rings. The summed E-state index contributed by atoms with van der Waals surface area (Å²) in [4.78, 5) is 3.77. The first-order chi connectivity index (χ1) is 9.31. The van der Waals surface area contributed by atoms with Gasteiger partial charge in [0.05, 0.1) is 19.6 Å². The Labute approximate surface area is 151 Å². The average Bonchev–Trinajstić information content (AvgIpc) is 2.25. The summed E-state index contributed by atoms with van der Waals surface area (Å²) in [6.45, 7) is 0. The van der Waals surface area contributed by atoms with Gasteiger partial charge in [-0.25, -0.2) is 0 Å². The van der Waals surface area contributed by atoms with E-state index in [1.54, 1.807) is 24.3 Å². The molecule has 0 aliphatic carbocycles. The molecule has 0 N–H and O–H groups in total. The van der Waals surface area contributed by atoms with E-state index in [-0.39, 0.29) is 0 Å². The molecule has 0 aliphatic heterocycles. The van der Waals surface area contributed by atoms with Crippen LogP contribution in [0.15, 0.2) is 53.6 Å². The summed E-state index contributed by atoms with van der Waals surface area (Å²) in [5, 5.41) is 1.11. The lowest BCUT2D eigenvalue weighted by atomic mass is 10.3. The second-order valence-electron chi connectivity index (χ2n) is 3.96. The van der Waals surface area contributed by atoms with Gasteiger partial charge in [0.25, 0.3) is 0 Å². The maximum atomic E-state index is 12.9. The van der Waals surface area contributed by atoms with Crippen LogP contribution in [0.25, 0.3) is 0 Å². The first kappa shape index (κ1) is 17.0. The van der Waals surface area contributed by atoms with Crippen LogP contribution in [-0.4, -0.2) is 0 Å². The van der Waals surface area contributed by atoms with Crippen LogP contribution in [0.2, 0.25) is 0 Å². The molecule has 0 saturated heterocycles. The van der Waals surface area contributed by atoms with Gasteiger partial charge in [0.1, 0.15) is 0 Å². The molecular weight excluding hydrogens is 384 g/mol. The number of rotatable bonds is 2. The Morgan fingerprint density at radius 2 is 0.850 bits per heavy atom. The highest BCUT2D eigenvalue weighted by atomic mass is 32.1. The molecule has 1 nitrogen and oxygen atoms in total. The van der Waals surface area contributed by atoms with Gasteiger partial charge in [-0.05, 0) is 24.3 Å². The molecule has 0 saturated carbocycles. The second-order valence-corrected chi connectivity index (χ2v) is 8.40. The normalized spacial score (nSPS) is 10.7. The smallest absolute Gasteiger partial charge is 0.143 e. The zero-order valence-corrected chi connectivity index (χ0v) is 16.1. The van der Waals surface area contributed by atoms with Gasteiger partial charge in [-0.3, -0.25) is 0 Å². The number of benzene rings is 2. The molecule has 0 spiro atoms. The monoisotopic (exact) mass is 393 g/mol. The molecule has 104 valence electrons. The summed E-state index contributed by atoms with van der Waals surface area (Å²) < 4.78 is 12.9. The Morgan fingerprint density at radius 1 is 0.600 bits per heavy atom. The molecule has 0 amide bonds. The molecule has 0 unspecified atom stereocenters. The van der Waals surface area contributed by atoms with Gasteiger partial charge in [0.15, 0.2) is 0 Å². The van der Waals surface area contributed by atoms with Gasteiger partial charge in [0, 0.05) is 9.79 Å². The molecule has 0 atom stereocenters. The minimum atomic E-state index is -1.90. The molecule has 2 rings (SSSR count).